The Bertz CT molecular complexity index is 460. The number of aromatic nitrogens is 1. The highest BCUT2D eigenvalue weighted by Crippen LogP contribution is 2.23. The van der Waals surface area contributed by atoms with E-state index < -0.39 is 0 Å². The standard InChI is InChI=1S/C14H19NO3S/c1-4-5-6-12(16)11-8-7-10(2)15-14(11)19-9-13(17)18-3/h7-8H,4-6,9H2,1-3H3. The molecule has 1 aromatic rings. The molecule has 0 aliphatic rings. The molecule has 0 saturated heterocycles. The number of ketones is 1. The highest BCUT2D eigenvalue weighted by atomic mass is 32.2. The Morgan fingerprint density at radius 1 is 1.37 bits per heavy atom. The van der Waals surface area contributed by atoms with Crippen LogP contribution in [0.15, 0.2) is 17.2 Å². The van der Waals surface area contributed by atoms with E-state index in [2.05, 4.69) is 9.72 Å². The first-order valence-corrected chi connectivity index (χ1v) is 7.27. The average Bonchev–Trinajstić information content (AvgIpc) is 2.42. The third-order valence-electron chi connectivity index (χ3n) is 2.61. The van der Waals surface area contributed by atoms with E-state index in [1.54, 1.807) is 6.07 Å². The maximum atomic E-state index is 12.1. The molecular weight excluding hydrogens is 262 g/mol. The number of hydrogen-bond donors (Lipinski definition) is 0. The minimum absolute atomic E-state index is 0.0849. The number of hydrogen-bond acceptors (Lipinski definition) is 5. The molecule has 1 rings (SSSR count). The van der Waals surface area contributed by atoms with Gasteiger partial charge in [0.1, 0.15) is 5.03 Å². The number of ether oxygens (including phenoxy) is 1. The summed E-state index contributed by atoms with van der Waals surface area (Å²) in [6, 6.07) is 3.61. The molecule has 1 aromatic heterocycles. The summed E-state index contributed by atoms with van der Waals surface area (Å²) in [4.78, 5) is 27.6. The molecule has 0 saturated carbocycles. The van der Waals surface area contributed by atoms with Gasteiger partial charge in [0.15, 0.2) is 5.78 Å². The largest absolute Gasteiger partial charge is 0.468 e. The molecule has 0 bridgehead atoms. The highest BCUT2D eigenvalue weighted by Gasteiger charge is 2.14. The molecule has 5 heteroatoms. The normalized spacial score (nSPS) is 10.3. The SMILES string of the molecule is CCCCC(=O)c1ccc(C)nc1SCC(=O)OC. The Labute approximate surface area is 117 Å². The molecule has 0 unspecified atom stereocenters. The zero-order chi connectivity index (χ0) is 14.3. The predicted molar refractivity (Wildman–Crippen MR) is 75.6 cm³/mol. The smallest absolute Gasteiger partial charge is 0.316 e. The van der Waals surface area contributed by atoms with Crippen molar-refractivity contribution in [2.24, 2.45) is 0 Å². The molecule has 0 spiro atoms. The van der Waals surface area contributed by atoms with Crippen molar-refractivity contribution in [3.05, 3.63) is 23.4 Å². The van der Waals surface area contributed by atoms with Crippen LogP contribution in [-0.4, -0.2) is 29.6 Å². The Morgan fingerprint density at radius 2 is 2.11 bits per heavy atom. The van der Waals surface area contributed by atoms with Crippen molar-refractivity contribution in [1.82, 2.24) is 4.98 Å². The lowest BCUT2D eigenvalue weighted by atomic mass is 10.1. The third-order valence-corrected chi connectivity index (χ3v) is 3.58. The Kier molecular flexibility index (Phi) is 6.56. The second-order valence-corrected chi connectivity index (χ2v) is 5.16. The van der Waals surface area contributed by atoms with Gasteiger partial charge in [0.25, 0.3) is 0 Å². The molecule has 0 atom stereocenters. The first kappa shape index (κ1) is 15.7. The number of carbonyl (C=O) groups is 2. The molecule has 0 fully saturated rings. The average molecular weight is 281 g/mol. The zero-order valence-electron chi connectivity index (χ0n) is 11.6. The number of methoxy groups -OCH3 is 1. The number of esters is 1. The molecule has 0 aliphatic carbocycles. The Morgan fingerprint density at radius 3 is 2.74 bits per heavy atom. The molecule has 19 heavy (non-hydrogen) atoms. The number of thioether (sulfide) groups is 1. The van der Waals surface area contributed by atoms with Gasteiger partial charge in [0.2, 0.25) is 0 Å². The fraction of sp³-hybridized carbons (Fsp3) is 0.500. The molecule has 0 radical (unpaired) electrons. The second-order valence-electron chi connectivity index (χ2n) is 4.20. The number of nitrogens with zero attached hydrogens (tertiary/aromatic N) is 1. The number of unbranched alkanes of at least 4 members (excludes halogenated alkanes) is 1. The molecule has 0 aromatic carbocycles. The predicted octanol–water partition coefficient (Wildman–Crippen LogP) is 3.03. The van der Waals surface area contributed by atoms with Crippen LogP contribution in [0.2, 0.25) is 0 Å². The topological polar surface area (TPSA) is 56.3 Å². The Balaban J connectivity index is 2.84. The molecule has 4 nitrogen and oxygen atoms in total. The summed E-state index contributed by atoms with van der Waals surface area (Å²) in [6.45, 7) is 3.91. The van der Waals surface area contributed by atoms with E-state index in [4.69, 9.17) is 0 Å². The van der Waals surface area contributed by atoms with Crippen LogP contribution >= 0.6 is 11.8 Å². The van der Waals surface area contributed by atoms with Crippen LogP contribution in [0.25, 0.3) is 0 Å². The summed E-state index contributed by atoms with van der Waals surface area (Å²) >= 11 is 1.25. The number of rotatable bonds is 7. The van der Waals surface area contributed by atoms with Gasteiger partial charge in [-0.05, 0) is 25.5 Å². The van der Waals surface area contributed by atoms with Crippen molar-refractivity contribution in [3.63, 3.8) is 0 Å². The second kappa shape index (κ2) is 7.94. The lowest BCUT2D eigenvalue weighted by Crippen LogP contribution is -2.07. The van der Waals surface area contributed by atoms with E-state index in [9.17, 15) is 9.59 Å². The van der Waals surface area contributed by atoms with Crippen LogP contribution in [0.1, 0.15) is 42.2 Å². The van der Waals surface area contributed by atoms with Crippen LogP contribution in [0.5, 0.6) is 0 Å². The van der Waals surface area contributed by atoms with E-state index in [1.807, 2.05) is 19.9 Å². The summed E-state index contributed by atoms with van der Waals surface area (Å²) in [5.74, 6) is -0.0666. The van der Waals surface area contributed by atoms with Crippen LogP contribution in [0.3, 0.4) is 0 Å². The maximum absolute atomic E-state index is 12.1. The number of aryl methyl sites for hydroxylation is 1. The molecule has 104 valence electrons. The van der Waals surface area contributed by atoms with E-state index >= 15 is 0 Å². The van der Waals surface area contributed by atoms with E-state index in [0.29, 0.717) is 17.0 Å². The van der Waals surface area contributed by atoms with Crippen LogP contribution in [0, 0.1) is 6.92 Å². The van der Waals surface area contributed by atoms with Gasteiger partial charge in [-0.3, -0.25) is 9.59 Å². The number of pyridine rings is 1. The quantitative estimate of drug-likeness (QED) is 0.437. The monoisotopic (exact) mass is 281 g/mol. The lowest BCUT2D eigenvalue weighted by Gasteiger charge is -2.08. The van der Waals surface area contributed by atoms with E-state index in [-0.39, 0.29) is 17.5 Å². The summed E-state index contributed by atoms with van der Waals surface area (Å²) in [6.07, 6.45) is 2.37. The molecule has 0 aliphatic heterocycles. The van der Waals surface area contributed by atoms with Gasteiger partial charge in [0.05, 0.1) is 12.9 Å². The lowest BCUT2D eigenvalue weighted by molar-refractivity contribution is -0.137. The Hall–Kier alpha value is -1.36. The van der Waals surface area contributed by atoms with Crippen molar-refractivity contribution in [1.29, 1.82) is 0 Å². The summed E-state index contributed by atoms with van der Waals surface area (Å²) in [7, 11) is 1.35. The minimum Gasteiger partial charge on any atom is -0.468 e. The van der Waals surface area contributed by atoms with Gasteiger partial charge in [-0.2, -0.15) is 0 Å². The van der Waals surface area contributed by atoms with Crippen LogP contribution < -0.4 is 0 Å². The van der Waals surface area contributed by atoms with Crippen molar-refractivity contribution in [2.75, 3.05) is 12.9 Å². The van der Waals surface area contributed by atoms with Gasteiger partial charge in [-0.15, -0.1) is 0 Å². The summed E-state index contributed by atoms with van der Waals surface area (Å²) in [5, 5.41) is 0.617. The first-order chi connectivity index (χ1) is 9.08. The fourth-order valence-corrected chi connectivity index (χ4v) is 2.43. The van der Waals surface area contributed by atoms with Crippen molar-refractivity contribution < 1.29 is 14.3 Å². The van der Waals surface area contributed by atoms with Gasteiger partial charge >= 0.3 is 5.97 Å². The minimum atomic E-state index is -0.319. The highest BCUT2D eigenvalue weighted by molar-refractivity contribution is 8.00. The molecule has 1 heterocycles. The van der Waals surface area contributed by atoms with Gasteiger partial charge < -0.3 is 4.74 Å². The summed E-state index contributed by atoms with van der Waals surface area (Å²) < 4.78 is 4.59. The van der Waals surface area contributed by atoms with Crippen LogP contribution in [-0.2, 0) is 9.53 Å². The maximum Gasteiger partial charge on any atom is 0.316 e. The fourth-order valence-electron chi connectivity index (χ4n) is 1.51. The number of carbonyl (C=O) groups excluding carboxylic acids is 2. The third kappa shape index (κ3) is 5.03. The van der Waals surface area contributed by atoms with Crippen molar-refractivity contribution in [3.8, 4) is 0 Å². The molecular formula is C14H19NO3S. The van der Waals surface area contributed by atoms with Gasteiger partial charge in [-0.1, -0.05) is 25.1 Å². The van der Waals surface area contributed by atoms with Crippen molar-refractivity contribution >= 4 is 23.5 Å². The van der Waals surface area contributed by atoms with Gasteiger partial charge in [-0.25, -0.2) is 4.98 Å². The van der Waals surface area contributed by atoms with E-state index in [0.717, 1.165) is 18.5 Å². The van der Waals surface area contributed by atoms with Crippen LogP contribution in [0.4, 0.5) is 0 Å². The van der Waals surface area contributed by atoms with Gasteiger partial charge in [0, 0.05) is 17.7 Å². The van der Waals surface area contributed by atoms with E-state index in [1.165, 1.54) is 18.9 Å². The molecule has 0 amide bonds. The summed E-state index contributed by atoms with van der Waals surface area (Å²) in [5.41, 5.74) is 1.44. The first-order valence-electron chi connectivity index (χ1n) is 6.29. The zero-order valence-corrected chi connectivity index (χ0v) is 12.4. The molecule has 0 N–H and O–H groups in total. The van der Waals surface area contributed by atoms with Crippen molar-refractivity contribution in [2.45, 2.75) is 38.1 Å². The number of Topliss-reactive ketones (excluding diaryl/α,β-unsaturated/α-hetero) is 1.